The summed E-state index contributed by atoms with van der Waals surface area (Å²) in [4.78, 5) is 24.1. The molecule has 0 aliphatic carbocycles. The van der Waals surface area contributed by atoms with E-state index in [4.69, 9.17) is 26.6 Å². The Bertz CT molecular complexity index is 894. The first-order chi connectivity index (χ1) is 13.5. The Kier molecular flexibility index (Phi) is 8.84. The molecule has 2 N–H and O–H groups in total. The molecule has 11 heteroatoms. The predicted molar refractivity (Wildman–Crippen MR) is 97.5 cm³/mol. The summed E-state index contributed by atoms with van der Waals surface area (Å²) in [7, 11) is 0. The van der Waals surface area contributed by atoms with Crippen LogP contribution in [-0.2, 0) is 9.59 Å². The molecule has 0 fully saturated rings. The number of carbonyl (C=O) groups is 2. The van der Waals surface area contributed by atoms with Crippen LogP contribution in [0.3, 0.4) is 0 Å². The number of benzene rings is 1. The highest BCUT2D eigenvalue weighted by Crippen LogP contribution is 2.19. The number of nitrogens with zero attached hydrogens (tertiary/aromatic N) is 2. The van der Waals surface area contributed by atoms with Crippen LogP contribution in [0.2, 0.25) is 0 Å². The molecular formula is C18H17ClF4N2O4. The van der Waals surface area contributed by atoms with Crippen LogP contribution < -0.4 is 0 Å². The molecule has 0 radical (unpaired) electrons. The van der Waals surface area contributed by atoms with Gasteiger partial charge in [0.25, 0.3) is 0 Å². The van der Waals surface area contributed by atoms with Gasteiger partial charge in [-0.25, -0.2) is 19.0 Å². The van der Waals surface area contributed by atoms with Crippen LogP contribution in [0.1, 0.15) is 24.1 Å². The summed E-state index contributed by atoms with van der Waals surface area (Å²) in [6.07, 6.45) is 0.557. The first-order valence-electron chi connectivity index (χ1n) is 8.06. The van der Waals surface area contributed by atoms with Gasteiger partial charge in [0, 0.05) is 17.6 Å². The smallest absolute Gasteiger partial charge is 0.478 e. The largest absolute Gasteiger partial charge is 0.490 e. The number of carboxylic acid groups (broad SMARTS) is 2. The van der Waals surface area contributed by atoms with Crippen molar-refractivity contribution >= 4 is 29.6 Å². The average molecular weight is 437 g/mol. The number of imidazole rings is 1. The van der Waals surface area contributed by atoms with E-state index in [0.29, 0.717) is 30.0 Å². The highest BCUT2D eigenvalue weighted by Gasteiger charge is 2.38. The molecule has 0 atom stereocenters. The Morgan fingerprint density at radius 3 is 2.31 bits per heavy atom. The number of rotatable bonds is 6. The molecule has 0 bridgehead atoms. The third kappa shape index (κ3) is 7.94. The minimum atomic E-state index is -5.08. The van der Waals surface area contributed by atoms with Crippen molar-refractivity contribution < 1.29 is 37.4 Å². The van der Waals surface area contributed by atoms with Crippen LogP contribution >= 0.6 is 11.6 Å². The third-order valence-electron chi connectivity index (χ3n) is 3.40. The maximum absolute atomic E-state index is 14.2. The monoisotopic (exact) mass is 436 g/mol. The van der Waals surface area contributed by atoms with Crippen molar-refractivity contribution in [2.75, 3.05) is 5.88 Å². The van der Waals surface area contributed by atoms with E-state index in [1.807, 2.05) is 6.92 Å². The second-order valence-corrected chi connectivity index (χ2v) is 6.08. The maximum atomic E-state index is 14.2. The molecule has 158 valence electrons. The average Bonchev–Trinajstić information content (AvgIpc) is 3.04. The first kappa shape index (κ1) is 24.2. The third-order valence-corrected chi connectivity index (χ3v) is 3.67. The fourth-order valence-corrected chi connectivity index (χ4v) is 2.21. The van der Waals surface area contributed by atoms with Gasteiger partial charge in [0.1, 0.15) is 5.82 Å². The molecule has 0 aliphatic heterocycles. The van der Waals surface area contributed by atoms with E-state index in [1.54, 1.807) is 22.9 Å². The summed E-state index contributed by atoms with van der Waals surface area (Å²) in [6, 6.07) is 4.59. The SMILES string of the molecule is Cc1cn(-c2ccc(/C=C(\CCCCl)C(=O)O)cc2F)cn1.O=C(O)C(F)(F)F. The Morgan fingerprint density at radius 1 is 1.28 bits per heavy atom. The molecule has 29 heavy (non-hydrogen) atoms. The Hall–Kier alpha value is -2.88. The van der Waals surface area contributed by atoms with Crippen LogP contribution in [0.4, 0.5) is 17.6 Å². The fraction of sp³-hybridized carbons (Fsp3) is 0.278. The minimum absolute atomic E-state index is 0.214. The van der Waals surface area contributed by atoms with E-state index in [-0.39, 0.29) is 5.57 Å². The van der Waals surface area contributed by atoms with E-state index in [0.717, 1.165) is 5.69 Å². The van der Waals surface area contributed by atoms with Crippen molar-refractivity contribution in [2.24, 2.45) is 0 Å². The summed E-state index contributed by atoms with van der Waals surface area (Å²) in [5, 5.41) is 16.3. The number of halogens is 5. The zero-order valence-corrected chi connectivity index (χ0v) is 15.8. The standard InChI is InChI=1S/C16H16ClFN2O2.C2HF3O2/c1-11-9-20(10-19-11)15-5-4-12(8-14(15)18)7-13(16(21)22)3-2-6-17;3-2(4,5)1(6)7/h4-5,7-10H,2-3,6H2,1H3,(H,21,22);(H,6,7)/b13-7+;. The van der Waals surface area contributed by atoms with Gasteiger partial charge in [0.05, 0.1) is 17.7 Å². The van der Waals surface area contributed by atoms with E-state index in [9.17, 15) is 22.4 Å². The number of aryl methyl sites for hydroxylation is 1. The molecular weight excluding hydrogens is 420 g/mol. The van der Waals surface area contributed by atoms with Crippen molar-refractivity contribution in [3.63, 3.8) is 0 Å². The molecule has 1 aromatic heterocycles. The summed E-state index contributed by atoms with van der Waals surface area (Å²) in [6.45, 7) is 1.82. The normalized spacial score (nSPS) is 11.6. The molecule has 2 aromatic rings. The number of hydrogen-bond donors (Lipinski definition) is 2. The summed E-state index contributed by atoms with van der Waals surface area (Å²) in [5.74, 6) is -3.82. The van der Waals surface area contributed by atoms with Crippen LogP contribution in [-0.4, -0.2) is 43.8 Å². The highest BCUT2D eigenvalue weighted by molar-refractivity contribution is 6.17. The number of aliphatic carboxylic acids is 2. The van der Waals surface area contributed by atoms with Gasteiger partial charge in [-0.2, -0.15) is 13.2 Å². The molecule has 0 saturated heterocycles. The van der Waals surface area contributed by atoms with Crippen LogP contribution in [0, 0.1) is 12.7 Å². The molecule has 1 heterocycles. The van der Waals surface area contributed by atoms with Crippen molar-refractivity contribution in [3.05, 3.63) is 53.4 Å². The van der Waals surface area contributed by atoms with Gasteiger partial charge in [-0.1, -0.05) is 6.07 Å². The van der Waals surface area contributed by atoms with Gasteiger partial charge in [-0.3, -0.25) is 0 Å². The van der Waals surface area contributed by atoms with Gasteiger partial charge in [0.2, 0.25) is 0 Å². The van der Waals surface area contributed by atoms with Crippen molar-refractivity contribution in [3.8, 4) is 5.69 Å². The molecule has 1 aromatic carbocycles. The van der Waals surface area contributed by atoms with Crippen LogP contribution in [0.15, 0.2) is 36.3 Å². The van der Waals surface area contributed by atoms with E-state index >= 15 is 0 Å². The van der Waals surface area contributed by atoms with Crippen molar-refractivity contribution in [1.82, 2.24) is 9.55 Å². The van der Waals surface area contributed by atoms with Crippen molar-refractivity contribution in [1.29, 1.82) is 0 Å². The number of alkyl halides is 4. The van der Waals surface area contributed by atoms with Gasteiger partial charge in [-0.05, 0) is 43.5 Å². The zero-order valence-electron chi connectivity index (χ0n) is 15.1. The molecule has 0 amide bonds. The van der Waals surface area contributed by atoms with Crippen LogP contribution in [0.5, 0.6) is 0 Å². The lowest BCUT2D eigenvalue weighted by atomic mass is 10.1. The molecule has 6 nitrogen and oxygen atoms in total. The van der Waals surface area contributed by atoms with Gasteiger partial charge < -0.3 is 14.8 Å². The lowest BCUT2D eigenvalue weighted by molar-refractivity contribution is -0.192. The lowest BCUT2D eigenvalue weighted by Gasteiger charge is -2.06. The van der Waals surface area contributed by atoms with Gasteiger partial charge >= 0.3 is 18.1 Å². The van der Waals surface area contributed by atoms with E-state index < -0.39 is 23.9 Å². The summed E-state index contributed by atoms with van der Waals surface area (Å²) < 4.78 is 47.5. The molecule has 0 aliphatic rings. The first-order valence-corrected chi connectivity index (χ1v) is 8.59. The summed E-state index contributed by atoms with van der Waals surface area (Å²) >= 11 is 5.58. The fourth-order valence-electron chi connectivity index (χ4n) is 2.07. The minimum Gasteiger partial charge on any atom is -0.478 e. The van der Waals surface area contributed by atoms with Gasteiger partial charge in [0.15, 0.2) is 0 Å². The predicted octanol–water partition coefficient (Wildman–Crippen LogP) is 4.44. The quantitative estimate of drug-likeness (QED) is 0.397. The van der Waals surface area contributed by atoms with Gasteiger partial charge in [-0.15, -0.1) is 11.6 Å². The Labute approximate surface area is 168 Å². The van der Waals surface area contributed by atoms with Crippen LogP contribution in [0.25, 0.3) is 11.8 Å². The zero-order chi connectivity index (χ0) is 22.2. The topological polar surface area (TPSA) is 92.4 Å². The number of carboxylic acids is 2. The van der Waals surface area contributed by atoms with Crippen molar-refractivity contribution in [2.45, 2.75) is 25.9 Å². The molecule has 0 saturated carbocycles. The second kappa shape index (κ2) is 10.6. The lowest BCUT2D eigenvalue weighted by Crippen LogP contribution is -2.21. The summed E-state index contributed by atoms with van der Waals surface area (Å²) in [5.41, 5.74) is 1.88. The maximum Gasteiger partial charge on any atom is 0.490 e. The molecule has 0 unspecified atom stereocenters. The number of aromatic nitrogens is 2. The Balaban J connectivity index is 0.000000516. The number of hydrogen-bond acceptors (Lipinski definition) is 3. The highest BCUT2D eigenvalue weighted by atomic mass is 35.5. The second-order valence-electron chi connectivity index (χ2n) is 5.70. The van der Waals surface area contributed by atoms with E-state index in [1.165, 1.54) is 18.5 Å². The Morgan fingerprint density at radius 2 is 1.90 bits per heavy atom. The molecule has 2 rings (SSSR count). The molecule has 0 spiro atoms. The van der Waals surface area contributed by atoms with E-state index in [2.05, 4.69) is 4.98 Å².